The molecule has 0 spiro atoms. The van der Waals surface area contributed by atoms with Gasteiger partial charge in [0.25, 0.3) is 5.91 Å². The third-order valence-electron chi connectivity index (χ3n) is 5.02. The minimum Gasteiger partial charge on any atom is -0.398 e. The molecule has 0 saturated carbocycles. The van der Waals surface area contributed by atoms with Crippen LogP contribution in [0.4, 0.5) is 5.69 Å². The molecule has 1 heterocycles. The largest absolute Gasteiger partial charge is 0.398 e. The van der Waals surface area contributed by atoms with Crippen LogP contribution in [0.3, 0.4) is 0 Å². The van der Waals surface area contributed by atoms with E-state index >= 15 is 0 Å². The van der Waals surface area contributed by atoms with Gasteiger partial charge in [-0.1, -0.05) is 41.1 Å². The van der Waals surface area contributed by atoms with E-state index in [1.54, 1.807) is 6.07 Å². The van der Waals surface area contributed by atoms with Crippen molar-refractivity contribution in [2.75, 3.05) is 18.8 Å². The molecule has 126 valence electrons. The highest BCUT2D eigenvalue weighted by Crippen LogP contribution is 2.34. The average Bonchev–Trinajstić information content (AvgIpc) is 2.57. The number of nitrogens with zero attached hydrogens (tertiary/aromatic N) is 1. The molecule has 24 heavy (non-hydrogen) atoms. The number of anilines is 1. The van der Waals surface area contributed by atoms with Gasteiger partial charge in [-0.05, 0) is 60.6 Å². The molecular weight excluding hydrogens is 364 g/mol. The predicted octanol–water partition coefficient (Wildman–Crippen LogP) is 4.61. The third kappa shape index (κ3) is 3.48. The van der Waals surface area contributed by atoms with Crippen LogP contribution in [0.25, 0.3) is 0 Å². The molecule has 4 heteroatoms. The number of carbonyl (C=O) groups is 1. The minimum absolute atomic E-state index is 0.0859. The number of amides is 1. The Hall–Kier alpha value is -1.81. The van der Waals surface area contributed by atoms with E-state index in [1.807, 2.05) is 24.0 Å². The Morgan fingerprint density at radius 1 is 1.21 bits per heavy atom. The summed E-state index contributed by atoms with van der Waals surface area (Å²) in [5.41, 5.74) is 9.68. The van der Waals surface area contributed by atoms with Gasteiger partial charge in [-0.2, -0.15) is 0 Å². The zero-order valence-corrected chi connectivity index (χ0v) is 15.7. The summed E-state index contributed by atoms with van der Waals surface area (Å²) >= 11 is 3.49. The minimum atomic E-state index is 0.0859. The van der Waals surface area contributed by atoms with Crippen molar-refractivity contribution in [1.29, 1.82) is 0 Å². The number of hydrogen-bond donors (Lipinski definition) is 1. The highest BCUT2D eigenvalue weighted by atomic mass is 79.9. The summed E-state index contributed by atoms with van der Waals surface area (Å²) in [6.07, 6.45) is 0.996. The molecule has 0 aliphatic carbocycles. The quantitative estimate of drug-likeness (QED) is 0.766. The lowest BCUT2D eigenvalue weighted by Gasteiger charge is -2.37. The lowest BCUT2D eigenvalue weighted by atomic mass is 9.81. The summed E-state index contributed by atoms with van der Waals surface area (Å²) < 4.78 is 1.10. The Balaban J connectivity index is 1.71. The molecule has 0 radical (unpaired) electrons. The van der Waals surface area contributed by atoms with Gasteiger partial charge in [-0.3, -0.25) is 4.79 Å². The zero-order chi connectivity index (χ0) is 17.3. The Kier molecular flexibility index (Phi) is 4.95. The van der Waals surface area contributed by atoms with Gasteiger partial charge in [0, 0.05) is 28.8 Å². The molecule has 2 aromatic rings. The molecule has 1 fully saturated rings. The van der Waals surface area contributed by atoms with Crippen LogP contribution in [0.1, 0.15) is 40.7 Å². The maximum atomic E-state index is 12.8. The smallest absolute Gasteiger partial charge is 0.253 e. The van der Waals surface area contributed by atoms with E-state index in [0.29, 0.717) is 23.1 Å². The number of hydrogen-bond acceptors (Lipinski definition) is 2. The molecule has 1 aliphatic rings. The Morgan fingerprint density at radius 3 is 2.54 bits per heavy atom. The number of rotatable bonds is 2. The second kappa shape index (κ2) is 6.98. The summed E-state index contributed by atoms with van der Waals surface area (Å²) in [4.78, 5) is 14.7. The van der Waals surface area contributed by atoms with Gasteiger partial charge in [-0.15, -0.1) is 0 Å². The lowest BCUT2D eigenvalue weighted by Crippen LogP contribution is -2.42. The SMILES string of the molecule is Cc1ccc(C(=O)N2CC[C@H](c3ccc(Br)cc3)[C@@H](C)C2)cc1N. The van der Waals surface area contributed by atoms with Crippen LogP contribution in [0, 0.1) is 12.8 Å². The third-order valence-corrected chi connectivity index (χ3v) is 5.55. The molecule has 1 saturated heterocycles. The zero-order valence-electron chi connectivity index (χ0n) is 14.1. The van der Waals surface area contributed by atoms with E-state index < -0.39 is 0 Å². The van der Waals surface area contributed by atoms with Crippen molar-refractivity contribution in [2.45, 2.75) is 26.2 Å². The van der Waals surface area contributed by atoms with Crippen molar-refractivity contribution in [2.24, 2.45) is 5.92 Å². The number of nitrogen functional groups attached to an aromatic ring is 1. The number of nitrogens with two attached hydrogens (primary N) is 1. The van der Waals surface area contributed by atoms with Crippen LogP contribution in [0.5, 0.6) is 0 Å². The highest BCUT2D eigenvalue weighted by molar-refractivity contribution is 9.10. The van der Waals surface area contributed by atoms with Crippen LogP contribution >= 0.6 is 15.9 Å². The maximum absolute atomic E-state index is 12.8. The first-order valence-corrected chi connectivity index (χ1v) is 9.16. The van der Waals surface area contributed by atoms with Crippen LogP contribution in [-0.2, 0) is 0 Å². The van der Waals surface area contributed by atoms with Gasteiger partial charge < -0.3 is 10.6 Å². The molecule has 1 aliphatic heterocycles. The van der Waals surface area contributed by atoms with E-state index in [4.69, 9.17) is 5.73 Å². The van der Waals surface area contributed by atoms with Crippen LogP contribution in [0.15, 0.2) is 46.9 Å². The molecule has 2 aromatic carbocycles. The number of carbonyl (C=O) groups excluding carboxylic acids is 1. The number of aryl methyl sites for hydroxylation is 1. The van der Waals surface area contributed by atoms with Crippen molar-refractivity contribution >= 4 is 27.5 Å². The lowest BCUT2D eigenvalue weighted by molar-refractivity contribution is 0.0661. The predicted molar refractivity (Wildman–Crippen MR) is 102 cm³/mol. The van der Waals surface area contributed by atoms with Crippen LogP contribution in [0.2, 0.25) is 0 Å². The summed E-state index contributed by atoms with van der Waals surface area (Å²) in [7, 11) is 0. The molecule has 0 unspecified atom stereocenters. The first-order chi connectivity index (χ1) is 11.5. The van der Waals surface area contributed by atoms with Gasteiger partial charge in [0.15, 0.2) is 0 Å². The summed E-state index contributed by atoms with van der Waals surface area (Å²) in [5, 5.41) is 0. The van der Waals surface area contributed by atoms with Crippen molar-refractivity contribution in [3.05, 3.63) is 63.6 Å². The first-order valence-electron chi connectivity index (χ1n) is 8.36. The fraction of sp³-hybridized carbons (Fsp3) is 0.350. The van der Waals surface area contributed by atoms with E-state index in [0.717, 1.165) is 29.5 Å². The molecule has 0 aromatic heterocycles. The molecule has 1 amide bonds. The van der Waals surface area contributed by atoms with Crippen molar-refractivity contribution < 1.29 is 4.79 Å². The van der Waals surface area contributed by atoms with E-state index in [1.165, 1.54) is 5.56 Å². The van der Waals surface area contributed by atoms with E-state index in [-0.39, 0.29) is 5.91 Å². The molecular formula is C20H23BrN2O. The summed E-state index contributed by atoms with van der Waals surface area (Å²) in [5.74, 6) is 1.03. The Morgan fingerprint density at radius 2 is 1.92 bits per heavy atom. The van der Waals surface area contributed by atoms with Crippen molar-refractivity contribution in [3.8, 4) is 0 Å². The van der Waals surface area contributed by atoms with Crippen molar-refractivity contribution in [3.63, 3.8) is 0 Å². The second-order valence-electron chi connectivity index (χ2n) is 6.75. The van der Waals surface area contributed by atoms with Crippen LogP contribution < -0.4 is 5.73 Å². The fourth-order valence-corrected chi connectivity index (χ4v) is 3.76. The number of halogens is 1. The number of likely N-dealkylation sites (tertiary alicyclic amines) is 1. The normalized spacial score (nSPS) is 20.9. The molecule has 3 nitrogen and oxygen atoms in total. The molecule has 0 bridgehead atoms. The first kappa shape index (κ1) is 17.0. The molecule has 2 atom stereocenters. The van der Waals surface area contributed by atoms with Gasteiger partial charge in [0.1, 0.15) is 0 Å². The summed E-state index contributed by atoms with van der Waals surface area (Å²) in [6.45, 7) is 5.76. The van der Waals surface area contributed by atoms with Gasteiger partial charge in [-0.25, -0.2) is 0 Å². The summed E-state index contributed by atoms with van der Waals surface area (Å²) in [6, 6.07) is 14.1. The molecule has 3 rings (SSSR count). The monoisotopic (exact) mass is 386 g/mol. The Labute approximate surface area is 152 Å². The van der Waals surface area contributed by atoms with E-state index in [2.05, 4.69) is 47.1 Å². The molecule has 2 N–H and O–H groups in total. The second-order valence-corrected chi connectivity index (χ2v) is 7.66. The maximum Gasteiger partial charge on any atom is 0.253 e. The highest BCUT2D eigenvalue weighted by Gasteiger charge is 2.30. The van der Waals surface area contributed by atoms with Gasteiger partial charge in [0.05, 0.1) is 0 Å². The van der Waals surface area contributed by atoms with E-state index in [9.17, 15) is 4.79 Å². The van der Waals surface area contributed by atoms with Crippen LogP contribution in [-0.4, -0.2) is 23.9 Å². The number of piperidine rings is 1. The van der Waals surface area contributed by atoms with Crippen molar-refractivity contribution in [1.82, 2.24) is 4.90 Å². The average molecular weight is 387 g/mol. The Bertz CT molecular complexity index is 742. The van der Waals surface area contributed by atoms with Gasteiger partial charge >= 0.3 is 0 Å². The number of benzene rings is 2. The topological polar surface area (TPSA) is 46.3 Å². The standard InChI is InChI=1S/C20H23BrN2O/c1-13-3-4-16(11-19(13)22)20(24)23-10-9-18(14(2)12-23)15-5-7-17(21)8-6-15/h3-8,11,14,18H,9-10,12,22H2,1-2H3/t14-,18-/m0/s1. The van der Waals surface area contributed by atoms with Gasteiger partial charge in [0.2, 0.25) is 0 Å². The fourth-order valence-electron chi connectivity index (χ4n) is 3.49.